The van der Waals surface area contributed by atoms with E-state index < -0.39 is 0 Å². The van der Waals surface area contributed by atoms with Gasteiger partial charge in [0, 0.05) is 44.3 Å². The van der Waals surface area contributed by atoms with E-state index >= 15 is 0 Å². The summed E-state index contributed by atoms with van der Waals surface area (Å²) in [5.74, 6) is -0.204. The molecular formula is C12H18FN3. The number of nitrogens with one attached hydrogen (secondary N) is 1. The van der Waals surface area contributed by atoms with Gasteiger partial charge in [-0.15, -0.1) is 0 Å². The van der Waals surface area contributed by atoms with E-state index in [1.165, 1.54) is 6.07 Å². The van der Waals surface area contributed by atoms with E-state index in [4.69, 9.17) is 5.73 Å². The van der Waals surface area contributed by atoms with E-state index in [9.17, 15) is 4.39 Å². The van der Waals surface area contributed by atoms with Crippen LogP contribution in [0.15, 0.2) is 24.3 Å². The van der Waals surface area contributed by atoms with Gasteiger partial charge in [0.2, 0.25) is 0 Å². The molecule has 4 heteroatoms. The van der Waals surface area contributed by atoms with Crippen molar-refractivity contribution in [3.05, 3.63) is 35.6 Å². The summed E-state index contributed by atoms with van der Waals surface area (Å²) in [6, 6.07) is 6.51. The molecule has 0 bridgehead atoms. The molecule has 0 amide bonds. The Morgan fingerprint density at radius 3 is 2.69 bits per heavy atom. The van der Waals surface area contributed by atoms with Gasteiger partial charge in [0.15, 0.2) is 0 Å². The molecule has 1 aliphatic rings. The molecule has 1 unspecified atom stereocenters. The minimum absolute atomic E-state index is 0.204. The lowest BCUT2D eigenvalue weighted by Gasteiger charge is -2.29. The van der Waals surface area contributed by atoms with Crippen LogP contribution >= 0.6 is 0 Å². The van der Waals surface area contributed by atoms with Gasteiger partial charge in [0.25, 0.3) is 0 Å². The van der Waals surface area contributed by atoms with Gasteiger partial charge in [-0.05, 0) is 6.07 Å². The predicted molar refractivity (Wildman–Crippen MR) is 62.6 cm³/mol. The maximum Gasteiger partial charge on any atom is 0.128 e. The fraction of sp³-hybridized carbons (Fsp3) is 0.500. The third kappa shape index (κ3) is 2.78. The summed E-state index contributed by atoms with van der Waals surface area (Å²) < 4.78 is 13.5. The largest absolute Gasteiger partial charge is 0.323 e. The second-order valence-corrected chi connectivity index (χ2v) is 4.18. The zero-order chi connectivity index (χ0) is 11.4. The van der Waals surface area contributed by atoms with Gasteiger partial charge in [-0.25, -0.2) is 4.39 Å². The highest BCUT2D eigenvalue weighted by Crippen LogP contribution is 2.15. The van der Waals surface area contributed by atoms with Gasteiger partial charge in [-0.1, -0.05) is 18.2 Å². The number of piperazine rings is 1. The molecule has 0 saturated carbocycles. The highest BCUT2D eigenvalue weighted by molar-refractivity contribution is 5.21. The van der Waals surface area contributed by atoms with Crippen molar-refractivity contribution in [2.24, 2.45) is 5.73 Å². The highest BCUT2D eigenvalue weighted by atomic mass is 19.1. The Morgan fingerprint density at radius 2 is 2.00 bits per heavy atom. The lowest BCUT2D eigenvalue weighted by Crippen LogP contribution is -2.46. The van der Waals surface area contributed by atoms with E-state index in [1.807, 2.05) is 6.07 Å². The molecule has 16 heavy (non-hydrogen) atoms. The number of benzene rings is 1. The Balaban J connectivity index is 1.96. The van der Waals surface area contributed by atoms with Crippen molar-refractivity contribution in [2.45, 2.75) is 6.04 Å². The first kappa shape index (κ1) is 11.5. The van der Waals surface area contributed by atoms with E-state index in [0.29, 0.717) is 5.56 Å². The summed E-state index contributed by atoms with van der Waals surface area (Å²) in [4.78, 5) is 2.27. The van der Waals surface area contributed by atoms with Crippen LogP contribution in [0.25, 0.3) is 0 Å². The van der Waals surface area contributed by atoms with Crippen molar-refractivity contribution in [3.63, 3.8) is 0 Å². The zero-order valence-electron chi connectivity index (χ0n) is 9.32. The molecule has 1 aliphatic heterocycles. The summed E-state index contributed by atoms with van der Waals surface area (Å²) in [7, 11) is 0. The maximum atomic E-state index is 13.5. The Bertz CT molecular complexity index is 337. The van der Waals surface area contributed by atoms with Crippen LogP contribution in [-0.4, -0.2) is 37.6 Å². The monoisotopic (exact) mass is 223 g/mol. The number of nitrogens with zero attached hydrogens (tertiary/aromatic N) is 1. The average molecular weight is 223 g/mol. The smallest absolute Gasteiger partial charge is 0.128 e. The lowest BCUT2D eigenvalue weighted by molar-refractivity contribution is 0.227. The maximum absolute atomic E-state index is 13.5. The molecular weight excluding hydrogens is 205 g/mol. The van der Waals surface area contributed by atoms with Crippen LogP contribution in [0.5, 0.6) is 0 Å². The zero-order valence-corrected chi connectivity index (χ0v) is 9.32. The van der Waals surface area contributed by atoms with E-state index in [2.05, 4.69) is 10.2 Å². The van der Waals surface area contributed by atoms with Crippen LogP contribution in [0.1, 0.15) is 11.6 Å². The number of rotatable bonds is 3. The molecule has 1 aromatic rings. The van der Waals surface area contributed by atoms with Crippen LogP contribution in [0.3, 0.4) is 0 Å². The fourth-order valence-electron chi connectivity index (χ4n) is 2.05. The molecule has 1 saturated heterocycles. The summed E-state index contributed by atoms with van der Waals surface area (Å²) in [5, 5.41) is 3.28. The normalized spacial score (nSPS) is 19.6. The van der Waals surface area contributed by atoms with Gasteiger partial charge in [0.05, 0.1) is 0 Å². The quantitative estimate of drug-likeness (QED) is 0.794. The van der Waals surface area contributed by atoms with E-state index in [1.54, 1.807) is 12.1 Å². The first-order valence-electron chi connectivity index (χ1n) is 5.70. The Morgan fingerprint density at radius 1 is 1.31 bits per heavy atom. The summed E-state index contributed by atoms with van der Waals surface area (Å²) in [5.41, 5.74) is 6.64. The molecule has 0 spiro atoms. The molecule has 3 nitrogen and oxygen atoms in total. The molecule has 1 fully saturated rings. The molecule has 0 aliphatic carbocycles. The molecule has 1 heterocycles. The molecule has 3 N–H and O–H groups in total. The summed E-state index contributed by atoms with van der Waals surface area (Å²) >= 11 is 0. The minimum Gasteiger partial charge on any atom is -0.323 e. The Labute approximate surface area is 95.4 Å². The molecule has 1 atom stereocenters. The SMILES string of the molecule is NC(CN1CCNCC1)c1ccccc1F. The topological polar surface area (TPSA) is 41.3 Å². The molecule has 0 aromatic heterocycles. The molecule has 1 aromatic carbocycles. The number of nitrogens with two attached hydrogens (primary N) is 1. The first-order valence-corrected chi connectivity index (χ1v) is 5.70. The van der Waals surface area contributed by atoms with Crippen LogP contribution < -0.4 is 11.1 Å². The van der Waals surface area contributed by atoms with Crippen molar-refractivity contribution in [1.29, 1.82) is 0 Å². The van der Waals surface area contributed by atoms with Gasteiger partial charge in [-0.3, -0.25) is 4.90 Å². The lowest BCUT2D eigenvalue weighted by atomic mass is 10.1. The van der Waals surface area contributed by atoms with Crippen LogP contribution in [0, 0.1) is 5.82 Å². The predicted octanol–water partition coefficient (Wildman–Crippen LogP) is 0.731. The third-order valence-electron chi connectivity index (χ3n) is 2.97. The van der Waals surface area contributed by atoms with Crippen LogP contribution in [0.4, 0.5) is 4.39 Å². The molecule has 88 valence electrons. The van der Waals surface area contributed by atoms with Gasteiger partial charge in [-0.2, -0.15) is 0 Å². The van der Waals surface area contributed by atoms with Crippen molar-refractivity contribution in [3.8, 4) is 0 Å². The number of halogens is 1. The summed E-state index contributed by atoms with van der Waals surface area (Å²) in [6.07, 6.45) is 0. The van der Waals surface area contributed by atoms with Crippen molar-refractivity contribution >= 4 is 0 Å². The van der Waals surface area contributed by atoms with E-state index in [0.717, 1.165) is 32.7 Å². The van der Waals surface area contributed by atoms with Crippen LogP contribution in [0.2, 0.25) is 0 Å². The van der Waals surface area contributed by atoms with Crippen LogP contribution in [-0.2, 0) is 0 Å². The Hall–Kier alpha value is -0.970. The van der Waals surface area contributed by atoms with Crippen molar-refractivity contribution < 1.29 is 4.39 Å². The van der Waals surface area contributed by atoms with E-state index in [-0.39, 0.29) is 11.9 Å². The second-order valence-electron chi connectivity index (χ2n) is 4.18. The average Bonchev–Trinajstić information content (AvgIpc) is 2.31. The van der Waals surface area contributed by atoms with Gasteiger partial charge < -0.3 is 11.1 Å². The van der Waals surface area contributed by atoms with Crippen molar-refractivity contribution in [2.75, 3.05) is 32.7 Å². The van der Waals surface area contributed by atoms with Gasteiger partial charge in [0.1, 0.15) is 5.82 Å². The molecule has 2 rings (SSSR count). The van der Waals surface area contributed by atoms with Gasteiger partial charge >= 0.3 is 0 Å². The second kappa shape index (κ2) is 5.39. The Kier molecular flexibility index (Phi) is 3.88. The number of hydrogen-bond acceptors (Lipinski definition) is 3. The summed E-state index contributed by atoms with van der Waals surface area (Å²) in [6.45, 7) is 4.68. The minimum atomic E-state index is -0.237. The third-order valence-corrected chi connectivity index (χ3v) is 2.97. The van der Waals surface area contributed by atoms with Crippen molar-refractivity contribution in [1.82, 2.24) is 10.2 Å². The highest BCUT2D eigenvalue weighted by Gasteiger charge is 2.16. The fourth-order valence-corrected chi connectivity index (χ4v) is 2.05. The molecule has 0 radical (unpaired) electrons. The standard InChI is InChI=1S/C12H18FN3/c13-11-4-2-1-3-10(11)12(14)9-16-7-5-15-6-8-16/h1-4,12,15H,5-9,14H2. The first-order chi connectivity index (χ1) is 7.77. The number of hydrogen-bond donors (Lipinski definition) is 2.